The van der Waals surface area contributed by atoms with E-state index in [1.165, 1.54) is 0 Å². The average Bonchev–Trinajstić information content (AvgIpc) is 2.18. The van der Waals surface area contributed by atoms with Crippen LogP contribution in [0.25, 0.3) is 0 Å². The predicted octanol–water partition coefficient (Wildman–Crippen LogP) is 2.43. The van der Waals surface area contributed by atoms with Crippen molar-refractivity contribution in [3.63, 3.8) is 0 Å². The minimum absolute atomic E-state index is 0.293. The molecule has 0 atom stereocenters. The van der Waals surface area contributed by atoms with Gasteiger partial charge in [-0.05, 0) is 23.3 Å². The van der Waals surface area contributed by atoms with Crippen LogP contribution in [0.2, 0.25) is 0 Å². The van der Waals surface area contributed by atoms with Crippen molar-refractivity contribution >= 4 is 21.9 Å². The Morgan fingerprint density at radius 3 is 2.71 bits per heavy atom. The largest absolute Gasteiger partial charge is 0.478 e. The molecule has 0 fully saturated rings. The SMILES string of the molecule is COCc1cc(C(=O)O)ccc1CBr. The van der Waals surface area contributed by atoms with Crippen LogP contribution in [0.5, 0.6) is 0 Å². The molecule has 1 N–H and O–H groups in total. The normalized spacial score (nSPS) is 10.1. The lowest BCUT2D eigenvalue weighted by Gasteiger charge is -2.07. The molecule has 0 unspecified atom stereocenters. The Kier molecular flexibility index (Phi) is 4.10. The Hall–Kier alpha value is -0.870. The van der Waals surface area contributed by atoms with Crippen LogP contribution in [0.3, 0.4) is 0 Å². The number of carboxylic acids is 1. The molecule has 4 heteroatoms. The third kappa shape index (κ3) is 2.56. The summed E-state index contributed by atoms with van der Waals surface area (Å²) in [6, 6.07) is 5.03. The van der Waals surface area contributed by atoms with Gasteiger partial charge in [-0.25, -0.2) is 4.79 Å². The quantitative estimate of drug-likeness (QED) is 0.844. The van der Waals surface area contributed by atoms with E-state index in [0.29, 0.717) is 17.5 Å². The zero-order chi connectivity index (χ0) is 10.6. The summed E-state index contributed by atoms with van der Waals surface area (Å²) in [5, 5.41) is 9.49. The monoisotopic (exact) mass is 258 g/mol. The van der Waals surface area contributed by atoms with Crippen LogP contribution in [0.15, 0.2) is 18.2 Å². The van der Waals surface area contributed by atoms with E-state index in [0.717, 1.165) is 11.1 Å². The summed E-state index contributed by atoms with van der Waals surface area (Å²) in [6.45, 7) is 0.433. The zero-order valence-corrected chi connectivity index (χ0v) is 9.37. The van der Waals surface area contributed by atoms with Gasteiger partial charge in [-0.2, -0.15) is 0 Å². The number of carboxylic acid groups (broad SMARTS) is 1. The van der Waals surface area contributed by atoms with Crippen LogP contribution in [0, 0.1) is 0 Å². The van der Waals surface area contributed by atoms with Crippen molar-refractivity contribution in [1.82, 2.24) is 0 Å². The van der Waals surface area contributed by atoms with Gasteiger partial charge in [0.05, 0.1) is 12.2 Å². The number of carbonyl (C=O) groups is 1. The summed E-state index contributed by atoms with van der Waals surface area (Å²) in [6.07, 6.45) is 0. The molecule has 0 bridgehead atoms. The molecular formula is C10H11BrO3. The van der Waals surface area contributed by atoms with Crippen molar-refractivity contribution in [2.45, 2.75) is 11.9 Å². The number of ether oxygens (including phenoxy) is 1. The van der Waals surface area contributed by atoms with E-state index >= 15 is 0 Å². The molecule has 0 aliphatic rings. The van der Waals surface area contributed by atoms with E-state index in [9.17, 15) is 4.79 Å². The fraction of sp³-hybridized carbons (Fsp3) is 0.300. The molecule has 0 aromatic heterocycles. The summed E-state index contributed by atoms with van der Waals surface area (Å²) in [7, 11) is 1.59. The maximum Gasteiger partial charge on any atom is 0.335 e. The molecule has 0 aliphatic heterocycles. The van der Waals surface area contributed by atoms with Crippen LogP contribution in [0.4, 0.5) is 0 Å². The van der Waals surface area contributed by atoms with Crippen LogP contribution < -0.4 is 0 Å². The average molecular weight is 259 g/mol. The number of aromatic carboxylic acids is 1. The minimum atomic E-state index is -0.913. The van der Waals surface area contributed by atoms with Gasteiger partial charge in [0.1, 0.15) is 0 Å². The predicted molar refractivity (Wildman–Crippen MR) is 56.7 cm³/mol. The number of hydrogen-bond donors (Lipinski definition) is 1. The highest BCUT2D eigenvalue weighted by Gasteiger charge is 2.07. The lowest BCUT2D eigenvalue weighted by atomic mass is 10.1. The van der Waals surface area contributed by atoms with Gasteiger partial charge in [-0.15, -0.1) is 0 Å². The fourth-order valence-electron chi connectivity index (χ4n) is 1.18. The standard InChI is InChI=1S/C10H11BrO3/c1-14-6-9-4-7(10(12)13)2-3-8(9)5-11/h2-4H,5-6H2,1H3,(H,12,13). The summed E-state index contributed by atoms with van der Waals surface area (Å²) in [5.41, 5.74) is 2.25. The second-order valence-electron chi connectivity index (χ2n) is 2.86. The van der Waals surface area contributed by atoms with E-state index in [1.807, 2.05) is 0 Å². The van der Waals surface area contributed by atoms with Crippen LogP contribution in [0.1, 0.15) is 21.5 Å². The highest BCUT2D eigenvalue weighted by molar-refractivity contribution is 9.08. The molecule has 0 aliphatic carbocycles. The van der Waals surface area contributed by atoms with E-state index in [4.69, 9.17) is 9.84 Å². The van der Waals surface area contributed by atoms with Crippen molar-refractivity contribution in [2.24, 2.45) is 0 Å². The Bertz CT molecular complexity index is 336. The molecule has 0 amide bonds. The molecule has 0 heterocycles. The first-order valence-electron chi connectivity index (χ1n) is 4.09. The highest BCUT2D eigenvalue weighted by atomic mass is 79.9. The second-order valence-corrected chi connectivity index (χ2v) is 3.42. The molecule has 1 aromatic rings. The summed E-state index contributed by atoms with van der Waals surface area (Å²) >= 11 is 3.34. The first-order valence-corrected chi connectivity index (χ1v) is 5.21. The van der Waals surface area contributed by atoms with E-state index in [-0.39, 0.29) is 0 Å². The topological polar surface area (TPSA) is 46.5 Å². The molecule has 0 saturated heterocycles. The third-order valence-electron chi connectivity index (χ3n) is 1.90. The molecule has 0 saturated carbocycles. The van der Waals surface area contributed by atoms with Gasteiger partial charge in [0.15, 0.2) is 0 Å². The van der Waals surface area contributed by atoms with Gasteiger partial charge in [0.2, 0.25) is 0 Å². The maximum absolute atomic E-state index is 10.7. The molecule has 0 spiro atoms. The Balaban J connectivity index is 3.07. The molecular weight excluding hydrogens is 248 g/mol. The van der Waals surface area contributed by atoms with E-state index in [2.05, 4.69) is 15.9 Å². The van der Waals surface area contributed by atoms with Crippen LogP contribution in [-0.2, 0) is 16.7 Å². The molecule has 1 aromatic carbocycles. The summed E-state index contributed by atoms with van der Waals surface area (Å²) < 4.78 is 4.99. The molecule has 1 rings (SSSR count). The Morgan fingerprint density at radius 2 is 2.21 bits per heavy atom. The molecule has 3 nitrogen and oxygen atoms in total. The molecule has 76 valence electrons. The number of halogens is 1. The highest BCUT2D eigenvalue weighted by Crippen LogP contribution is 2.16. The van der Waals surface area contributed by atoms with Crippen molar-refractivity contribution in [2.75, 3.05) is 7.11 Å². The number of alkyl halides is 1. The maximum atomic E-state index is 10.7. The molecule has 14 heavy (non-hydrogen) atoms. The van der Waals surface area contributed by atoms with Crippen molar-refractivity contribution in [3.05, 3.63) is 34.9 Å². The fourth-order valence-corrected chi connectivity index (χ4v) is 1.73. The number of benzene rings is 1. The van der Waals surface area contributed by atoms with Crippen molar-refractivity contribution in [1.29, 1.82) is 0 Å². The number of hydrogen-bond acceptors (Lipinski definition) is 2. The van der Waals surface area contributed by atoms with Gasteiger partial charge >= 0.3 is 5.97 Å². The van der Waals surface area contributed by atoms with Gasteiger partial charge in [-0.1, -0.05) is 22.0 Å². The number of rotatable bonds is 4. The lowest BCUT2D eigenvalue weighted by Crippen LogP contribution is -2.01. The van der Waals surface area contributed by atoms with Gasteiger partial charge < -0.3 is 9.84 Å². The Morgan fingerprint density at radius 1 is 1.50 bits per heavy atom. The third-order valence-corrected chi connectivity index (χ3v) is 2.50. The number of methoxy groups -OCH3 is 1. The lowest BCUT2D eigenvalue weighted by molar-refractivity contribution is 0.0696. The first kappa shape index (κ1) is 11.2. The smallest absolute Gasteiger partial charge is 0.335 e. The summed E-state index contributed by atoms with van der Waals surface area (Å²) in [5.74, 6) is -0.913. The first-order chi connectivity index (χ1) is 6.69. The molecule has 0 radical (unpaired) electrons. The van der Waals surface area contributed by atoms with Gasteiger partial charge in [0.25, 0.3) is 0 Å². The van der Waals surface area contributed by atoms with E-state index < -0.39 is 5.97 Å². The van der Waals surface area contributed by atoms with Crippen molar-refractivity contribution in [3.8, 4) is 0 Å². The minimum Gasteiger partial charge on any atom is -0.478 e. The van der Waals surface area contributed by atoms with E-state index in [1.54, 1.807) is 25.3 Å². The van der Waals surface area contributed by atoms with Gasteiger partial charge in [0, 0.05) is 12.4 Å². The zero-order valence-electron chi connectivity index (χ0n) is 7.79. The Labute approximate surface area is 90.8 Å². The summed E-state index contributed by atoms with van der Waals surface area (Å²) in [4.78, 5) is 10.7. The van der Waals surface area contributed by atoms with Crippen LogP contribution in [-0.4, -0.2) is 18.2 Å². The van der Waals surface area contributed by atoms with Crippen LogP contribution >= 0.6 is 15.9 Å². The second kappa shape index (κ2) is 5.12. The van der Waals surface area contributed by atoms with Gasteiger partial charge in [-0.3, -0.25) is 0 Å². The van der Waals surface area contributed by atoms with Crippen molar-refractivity contribution < 1.29 is 14.6 Å².